The number of para-hydroxylation sites is 1. The molecule has 2 N–H and O–H groups in total. The van der Waals surface area contributed by atoms with Gasteiger partial charge >= 0.3 is 5.97 Å². The number of ether oxygens (including phenoxy) is 1. The van der Waals surface area contributed by atoms with Crippen LogP contribution < -0.4 is 4.90 Å². The third-order valence-electron chi connectivity index (χ3n) is 5.88. The number of aromatic hydroxyl groups is 1. The Morgan fingerprint density at radius 3 is 2.47 bits per heavy atom. The minimum absolute atomic E-state index is 0.164. The summed E-state index contributed by atoms with van der Waals surface area (Å²) in [6.07, 6.45) is 0. The number of aromatic nitrogens is 1. The average molecular weight is 398 g/mol. The SMILES string of the molecule is Cc1[nH]c2ccccc2c1C1(c2ccc(O)cc2)OC(=O)c2cc(N(C)C)ccc21. The fourth-order valence-corrected chi connectivity index (χ4v) is 4.51. The molecule has 3 aromatic carbocycles. The van der Waals surface area contributed by atoms with Gasteiger partial charge in [-0.25, -0.2) is 4.79 Å². The Labute approximate surface area is 174 Å². The van der Waals surface area contributed by atoms with E-state index >= 15 is 0 Å². The number of nitrogens with one attached hydrogen (secondary N) is 1. The maximum Gasteiger partial charge on any atom is 0.340 e. The standard InChI is InChI=1S/C25H22N2O3/c1-15-23(19-6-4-5-7-22(19)26-15)25(16-8-11-18(28)12-9-16)21-13-10-17(27(2)3)14-20(21)24(29)30-25/h4-14,26,28H,1-3H3. The maximum absolute atomic E-state index is 13.1. The molecular formula is C25H22N2O3. The van der Waals surface area contributed by atoms with Crippen molar-refractivity contribution in [2.75, 3.05) is 19.0 Å². The van der Waals surface area contributed by atoms with Gasteiger partial charge in [-0.15, -0.1) is 0 Å². The quantitative estimate of drug-likeness (QED) is 0.491. The van der Waals surface area contributed by atoms with Crippen LogP contribution in [0.15, 0.2) is 66.7 Å². The molecule has 0 radical (unpaired) electrons. The van der Waals surface area contributed by atoms with E-state index in [4.69, 9.17) is 4.74 Å². The van der Waals surface area contributed by atoms with Gasteiger partial charge in [-0.2, -0.15) is 0 Å². The summed E-state index contributed by atoms with van der Waals surface area (Å²) in [5.41, 5.74) is 4.80. The predicted octanol–water partition coefficient (Wildman–Crippen LogP) is 4.71. The monoisotopic (exact) mass is 398 g/mol. The summed E-state index contributed by atoms with van der Waals surface area (Å²) in [6, 6.07) is 20.8. The number of benzene rings is 3. The van der Waals surface area contributed by atoms with E-state index in [2.05, 4.69) is 4.98 Å². The number of fused-ring (bicyclic) bond motifs is 2. The van der Waals surface area contributed by atoms with Crippen molar-refractivity contribution in [3.63, 3.8) is 0 Å². The maximum atomic E-state index is 13.1. The lowest BCUT2D eigenvalue weighted by atomic mass is 9.78. The van der Waals surface area contributed by atoms with Crippen LogP contribution in [0.2, 0.25) is 0 Å². The molecule has 4 aromatic rings. The molecule has 0 bridgehead atoms. The average Bonchev–Trinajstić information content (AvgIpc) is 3.22. The third kappa shape index (κ3) is 2.45. The van der Waals surface area contributed by atoms with E-state index in [0.717, 1.165) is 39.0 Å². The van der Waals surface area contributed by atoms with Crippen LogP contribution in [0, 0.1) is 6.92 Å². The first-order valence-corrected chi connectivity index (χ1v) is 9.84. The largest absolute Gasteiger partial charge is 0.508 e. The zero-order chi connectivity index (χ0) is 21.0. The van der Waals surface area contributed by atoms with Gasteiger partial charge in [0.2, 0.25) is 0 Å². The van der Waals surface area contributed by atoms with E-state index in [1.807, 2.05) is 80.5 Å². The van der Waals surface area contributed by atoms with Crippen LogP contribution in [0.3, 0.4) is 0 Å². The van der Waals surface area contributed by atoms with Gasteiger partial charge in [0.15, 0.2) is 5.60 Å². The van der Waals surface area contributed by atoms with Crippen molar-refractivity contribution in [3.05, 3.63) is 94.7 Å². The van der Waals surface area contributed by atoms with Crippen LogP contribution >= 0.6 is 0 Å². The Balaban J connectivity index is 1.88. The summed E-state index contributed by atoms with van der Waals surface area (Å²) < 4.78 is 6.25. The summed E-state index contributed by atoms with van der Waals surface area (Å²) in [5.74, 6) is -0.191. The van der Waals surface area contributed by atoms with Crippen LogP contribution in [-0.4, -0.2) is 30.2 Å². The molecule has 0 spiro atoms. The fraction of sp³-hybridized carbons (Fsp3) is 0.160. The summed E-state index contributed by atoms with van der Waals surface area (Å²) in [6.45, 7) is 2.00. The fourth-order valence-electron chi connectivity index (χ4n) is 4.51. The van der Waals surface area contributed by atoms with Crippen molar-refractivity contribution in [3.8, 4) is 5.75 Å². The van der Waals surface area contributed by atoms with Gasteiger partial charge in [0.1, 0.15) is 5.75 Å². The number of cyclic esters (lactones) is 1. The van der Waals surface area contributed by atoms with Crippen molar-refractivity contribution < 1.29 is 14.6 Å². The Kier molecular flexibility index (Phi) is 3.90. The van der Waals surface area contributed by atoms with Crippen LogP contribution in [0.1, 0.15) is 32.7 Å². The van der Waals surface area contributed by atoms with Crippen LogP contribution in [0.4, 0.5) is 5.69 Å². The topological polar surface area (TPSA) is 65.6 Å². The van der Waals surface area contributed by atoms with E-state index in [9.17, 15) is 9.90 Å². The number of H-pyrrole nitrogens is 1. The van der Waals surface area contributed by atoms with Gasteiger partial charge in [-0.05, 0) is 37.3 Å². The van der Waals surface area contributed by atoms with E-state index in [0.29, 0.717) is 5.56 Å². The first-order chi connectivity index (χ1) is 14.4. The second-order valence-corrected chi connectivity index (χ2v) is 7.91. The number of hydrogen-bond donors (Lipinski definition) is 2. The summed E-state index contributed by atoms with van der Waals surface area (Å²) in [7, 11) is 3.89. The van der Waals surface area contributed by atoms with Crippen LogP contribution in [-0.2, 0) is 10.3 Å². The molecule has 0 fully saturated rings. The molecule has 1 aliphatic rings. The molecule has 2 heterocycles. The zero-order valence-electron chi connectivity index (χ0n) is 17.1. The molecule has 1 atom stereocenters. The van der Waals surface area contributed by atoms with Gasteiger partial charge in [0, 0.05) is 53.1 Å². The molecule has 150 valence electrons. The number of aryl methyl sites for hydroxylation is 1. The number of anilines is 1. The normalized spacial score (nSPS) is 17.8. The highest BCUT2D eigenvalue weighted by Gasteiger charge is 2.50. The molecule has 5 nitrogen and oxygen atoms in total. The number of carbonyl (C=O) groups is 1. The zero-order valence-corrected chi connectivity index (χ0v) is 17.1. The van der Waals surface area contributed by atoms with Crippen LogP contribution in [0.25, 0.3) is 10.9 Å². The Hall–Kier alpha value is -3.73. The smallest absolute Gasteiger partial charge is 0.340 e. The minimum Gasteiger partial charge on any atom is -0.508 e. The molecule has 5 rings (SSSR count). The molecule has 0 saturated carbocycles. The lowest BCUT2D eigenvalue weighted by Gasteiger charge is -2.31. The van der Waals surface area contributed by atoms with Crippen molar-refractivity contribution >= 4 is 22.6 Å². The number of esters is 1. The highest BCUT2D eigenvalue weighted by Crippen LogP contribution is 2.50. The van der Waals surface area contributed by atoms with Crippen molar-refractivity contribution in [1.82, 2.24) is 4.98 Å². The number of aromatic amines is 1. The van der Waals surface area contributed by atoms with Gasteiger partial charge in [0.05, 0.1) is 5.56 Å². The van der Waals surface area contributed by atoms with E-state index in [1.54, 1.807) is 12.1 Å². The molecule has 0 aliphatic carbocycles. The number of phenolic OH excluding ortho intramolecular Hbond substituents is 1. The lowest BCUT2D eigenvalue weighted by molar-refractivity contribution is 0.0254. The number of rotatable bonds is 3. The van der Waals surface area contributed by atoms with Gasteiger partial charge in [-0.1, -0.05) is 36.4 Å². The van der Waals surface area contributed by atoms with E-state index in [1.165, 1.54) is 0 Å². The first-order valence-electron chi connectivity index (χ1n) is 9.84. The summed E-state index contributed by atoms with van der Waals surface area (Å²) in [4.78, 5) is 18.5. The molecular weight excluding hydrogens is 376 g/mol. The number of hydrogen-bond acceptors (Lipinski definition) is 4. The summed E-state index contributed by atoms with van der Waals surface area (Å²) >= 11 is 0. The molecule has 1 unspecified atom stereocenters. The molecule has 5 heteroatoms. The lowest BCUT2D eigenvalue weighted by Crippen LogP contribution is -2.30. The van der Waals surface area contributed by atoms with Gasteiger partial charge < -0.3 is 19.7 Å². The van der Waals surface area contributed by atoms with Crippen LogP contribution in [0.5, 0.6) is 5.75 Å². The second kappa shape index (κ2) is 6.39. The highest BCUT2D eigenvalue weighted by molar-refractivity contribution is 5.99. The first kappa shape index (κ1) is 18.3. The van der Waals surface area contributed by atoms with E-state index in [-0.39, 0.29) is 11.7 Å². The van der Waals surface area contributed by atoms with Gasteiger partial charge in [-0.3, -0.25) is 0 Å². The predicted molar refractivity (Wildman–Crippen MR) is 117 cm³/mol. The van der Waals surface area contributed by atoms with Gasteiger partial charge in [0.25, 0.3) is 0 Å². The highest BCUT2D eigenvalue weighted by atomic mass is 16.6. The second-order valence-electron chi connectivity index (χ2n) is 7.91. The number of nitrogens with zero attached hydrogens (tertiary/aromatic N) is 1. The molecule has 1 aliphatic heterocycles. The Morgan fingerprint density at radius 1 is 1.00 bits per heavy atom. The van der Waals surface area contributed by atoms with Crippen molar-refractivity contribution in [2.45, 2.75) is 12.5 Å². The molecule has 30 heavy (non-hydrogen) atoms. The van der Waals surface area contributed by atoms with Crippen molar-refractivity contribution in [1.29, 1.82) is 0 Å². The number of carbonyl (C=O) groups excluding carboxylic acids is 1. The minimum atomic E-state index is -1.10. The molecule has 1 aromatic heterocycles. The number of phenols is 1. The van der Waals surface area contributed by atoms with Crippen molar-refractivity contribution in [2.24, 2.45) is 0 Å². The Morgan fingerprint density at radius 2 is 1.73 bits per heavy atom. The third-order valence-corrected chi connectivity index (χ3v) is 5.88. The molecule has 0 amide bonds. The summed E-state index contributed by atoms with van der Waals surface area (Å²) in [5, 5.41) is 10.9. The Bertz CT molecular complexity index is 1290. The van der Waals surface area contributed by atoms with E-state index < -0.39 is 5.60 Å². The molecule has 0 saturated heterocycles.